The lowest BCUT2D eigenvalue weighted by atomic mass is 10.2. The summed E-state index contributed by atoms with van der Waals surface area (Å²) in [6.07, 6.45) is -4.32. The van der Waals surface area contributed by atoms with Gasteiger partial charge in [-0.25, -0.2) is 0 Å². The smallest absolute Gasteiger partial charge is 0.416 e. The average Bonchev–Trinajstić information content (AvgIpc) is 2.04. The van der Waals surface area contributed by atoms with Crippen molar-refractivity contribution in [2.24, 2.45) is 0 Å². The molecule has 1 rings (SSSR count). The first-order valence-electron chi connectivity index (χ1n) is 3.63. The molecule has 0 amide bonds. The Kier molecular flexibility index (Phi) is 2.80. The Labute approximate surface area is 74.1 Å². The normalized spacial score (nSPS) is 11.4. The Morgan fingerprint density at radius 3 is 2.54 bits per heavy atom. The fourth-order valence-corrected chi connectivity index (χ4v) is 0.880. The van der Waals surface area contributed by atoms with Gasteiger partial charge in [0, 0.05) is 0 Å². The third kappa shape index (κ3) is 2.65. The molecular weight excluding hydrogens is 181 g/mol. The Hall–Kier alpha value is -1.19. The summed E-state index contributed by atoms with van der Waals surface area (Å²) in [7, 11) is 0. The lowest BCUT2D eigenvalue weighted by Crippen LogP contribution is -2.05. The second kappa shape index (κ2) is 3.68. The predicted molar refractivity (Wildman–Crippen MR) is 42.3 cm³/mol. The third-order valence-electron chi connectivity index (χ3n) is 1.43. The molecule has 0 saturated carbocycles. The number of hydrogen-bond donors (Lipinski definition) is 0. The van der Waals surface area contributed by atoms with Crippen LogP contribution in [-0.2, 0) is 6.18 Å². The van der Waals surface area contributed by atoms with Crippen LogP contribution < -0.4 is 4.74 Å². The van der Waals surface area contributed by atoms with Crippen LogP contribution in [0.2, 0.25) is 0 Å². The van der Waals surface area contributed by atoms with Crippen LogP contribution in [0.1, 0.15) is 5.56 Å². The lowest BCUT2D eigenvalue weighted by Gasteiger charge is -2.08. The van der Waals surface area contributed by atoms with Crippen LogP contribution in [0.15, 0.2) is 24.3 Å². The maximum atomic E-state index is 12.1. The first-order chi connectivity index (χ1) is 6.04. The quantitative estimate of drug-likeness (QED) is 0.695. The molecule has 0 bridgehead atoms. The van der Waals surface area contributed by atoms with Gasteiger partial charge in [0.25, 0.3) is 0 Å². The van der Waals surface area contributed by atoms with Gasteiger partial charge in [0.2, 0.25) is 0 Å². The standard InChI is InChI=1S/C9H8F3O/c1-2-13-8-5-3-4-7(6-8)9(10,11)12/h3-6H,1-2H2. The minimum Gasteiger partial charge on any atom is -0.494 e. The van der Waals surface area contributed by atoms with Crippen molar-refractivity contribution in [3.63, 3.8) is 0 Å². The van der Waals surface area contributed by atoms with Gasteiger partial charge < -0.3 is 4.74 Å². The zero-order chi connectivity index (χ0) is 9.90. The van der Waals surface area contributed by atoms with Crippen LogP contribution in [0, 0.1) is 6.92 Å². The van der Waals surface area contributed by atoms with Crippen LogP contribution in [0.5, 0.6) is 5.75 Å². The first kappa shape index (κ1) is 9.89. The number of alkyl halides is 3. The molecule has 0 saturated heterocycles. The molecule has 1 nitrogen and oxygen atoms in total. The molecule has 1 aromatic carbocycles. The van der Waals surface area contributed by atoms with Crippen LogP contribution in [-0.4, -0.2) is 6.61 Å². The summed E-state index contributed by atoms with van der Waals surface area (Å²) in [5.74, 6) is 0.185. The second-order valence-electron chi connectivity index (χ2n) is 2.37. The molecule has 0 heterocycles. The monoisotopic (exact) mass is 189 g/mol. The van der Waals surface area contributed by atoms with E-state index in [2.05, 4.69) is 6.92 Å². The van der Waals surface area contributed by atoms with E-state index in [9.17, 15) is 13.2 Å². The molecule has 0 unspecified atom stereocenters. The Morgan fingerprint density at radius 1 is 1.31 bits per heavy atom. The molecule has 0 aliphatic rings. The number of benzene rings is 1. The summed E-state index contributed by atoms with van der Waals surface area (Å²) in [5, 5.41) is 0. The van der Waals surface area contributed by atoms with E-state index in [1.807, 2.05) is 0 Å². The fourth-order valence-electron chi connectivity index (χ4n) is 0.880. The highest BCUT2D eigenvalue weighted by atomic mass is 19.4. The number of halogens is 3. The van der Waals surface area contributed by atoms with E-state index >= 15 is 0 Å². The van der Waals surface area contributed by atoms with Crippen LogP contribution in [0.4, 0.5) is 13.2 Å². The van der Waals surface area contributed by atoms with Crippen LogP contribution in [0.25, 0.3) is 0 Å². The fraction of sp³-hybridized carbons (Fsp3) is 0.222. The molecule has 0 aliphatic heterocycles. The minimum absolute atomic E-state index is 0.112. The van der Waals surface area contributed by atoms with Gasteiger partial charge >= 0.3 is 6.18 Å². The van der Waals surface area contributed by atoms with Gasteiger partial charge in [-0.2, -0.15) is 13.2 Å². The molecule has 1 aromatic rings. The highest BCUT2D eigenvalue weighted by Crippen LogP contribution is 2.31. The van der Waals surface area contributed by atoms with Gasteiger partial charge in [-0.15, -0.1) is 0 Å². The molecule has 0 aromatic heterocycles. The Bertz CT molecular complexity index is 280. The summed E-state index contributed by atoms with van der Waals surface area (Å²) >= 11 is 0. The van der Waals surface area contributed by atoms with Crippen LogP contribution in [0.3, 0.4) is 0 Å². The van der Waals surface area contributed by atoms with E-state index in [1.54, 1.807) is 0 Å². The van der Waals surface area contributed by atoms with Gasteiger partial charge in [0.15, 0.2) is 0 Å². The first-order valence-corrected chi connectivity index (χ1v) is 3.63. The third-order valence-corrected chi connectivity index (χ3v) is 1.43. The number of ether oxygens (including phenoxy) is 1. The Morgan fingerprint density at radius 2 is 2.00 bits per heavy atom. The number of hydrogen-bond acceptors (Lipinski definition) is 1. The SMILES string of the molecule is [CH2]COc1cccc(C(F)(F)F)c1. The highest BCUT2D eigenvalue weighted by molar-refractivity contribution is 5.30. The molecule has 1 radical (unpaired) electrons. The topological polar surface area (TPSA) is 9.23 Å². The van der Waals surface area contributed by atoms with E-state index in [0.717, 1.165) is 12.1 Å². The highest BCUT2D eigenvalue weighted by Gasteiger charge is 2.30. The van der Waals surface area contributed by atoms with E-state index in [0.29, 0.717) is 0 Å². The summed E-state index contributed by atoms with van der Waals surface area (Å²) in [6, 6.07) is 4.70. The molecule has 71 valence electrons. The van der Waals surface area contributed by atoms with Gasteiger partial charge in [-0.3, -0.25) is 0 Å². The number of rotatable bonds is 2. The van der Waals surface area contributed by atoms with E-state index in [-0.39, 0.29) is 12.4 Å². The minimum atomic E-state index is -4.32. The lowest BCUT2D eigenvalue weighted by molar-refractivity contribution is -0.137. The van der Waals surface area contributed by atoms with Crippen molar-refractivity contribution >= 4 is 0 Å². The average molecular weight is 189 g/mol. The van der Waals surface area contributed by atoms with Gasteiger partial charge in [0.05, 0.1) is 12.2 Å². The maximum Gasteiger partial charge on any atom is 0.416 e. The summed E-state index contributed by atoms with van der Waals surface area (Å²) < 4.78 is 41.2. The zero-order valence-electron chi connectivity index (χ0n) is 6.77. The van der Waals surface area contributed by atoms with E-state index in [4.69, 9.17) is 4.74 Å². The summed E-state index contributed by atoms with van der Waals surface area (Å²) in [6.45, 7) is 3.48. The van der Waals surface area contributed by atoms with Crippen molar-refractivity contribution in [3.05, 3.63) is 36.8 Å². The maximum absolute atomic E-state index is 12.1. The summed E-state index contributed by atoms with van der Waals surface area (Å²) in [5.41, 5.74) is -0.710. The van der Waals surface area contributed by atoms with Crippen molar-refractivity contribution in [2.45, 2.75) is 6.18 Å². The van der Waals surface area contributed by atoms with Gasteiger partial charge in [-0.05, 0) is 25.1 Å². The predicted octanol–water partition coefficient (Wildman–Crippen LogP) is 2.92. The van der Waals surface area contributed by atoms with Crippen LogP contribution >= 0.6 is 0 Å². The van der Waals surface area contributed by atoms with Crippen molar-refractivity contribution in [2.75, 3.05) is 6.61 Å². The second-order valence-corrected chi connectivity index (χ2v) is 2.37. The molecular formula is C9H8F3O. The van der Waals surface area contributed by atoms with Gasteiger partial charge in [-0.1, -0.05) is 6.07 Å². The Balaban J connectivity index is 2.92. The molecule has 0 fully saturated rings. The molecule has 0 N–H and O–H groups in total. The molecule has 0 atom stereocenters. The van der Waals surface area contributed by atoms with Crippen molar-refractivity contribution < 1.29 is 17.9 Å². The largest absolute Gasteiger partial charge is 0.494 e. The van der Waals surface area contributed by atoms with E-state index in [1.165, 1.54) is 12.1 Å². The molecule has 4 heteroatoms. The van der Waals surface area contributed by atoms with Crippen molar-refractivity contribution in [1.29, 1.82) is 0 Å². The van der Waals surface area contributed by atoms with Gasteiger partial charge in [0.1, 0.15) is 5.75 Å². The zero-order valence-corrected chi connectivity index (χ0v) is 6.77. The molecule has 0 aliphatic carbocycles. The molecule has 13 heavy (non-hydrogen) atoms. The van der Waals surface area contributed by atoms with Crippen molar-refractivity contribution in [1.82, 2.24) is 0 Å². The van der Waals surface area contributed by atoms with E-state index < -0.39 is 11.7 Å². The molecule has 0 spiro atoms. The van der Waals surface area contributed by atoms with Crippen molar-refractivity contribution in [3.8, 4) is 5.75 Å². The summed E-state index contributed by atoms with van der Waals surface area (Å²) in [4.78, 5) is 0.